The maximum absolute atomic E-state index is 11.9. The van der Waals surface area contributed by atoms with Gasteiger partial charge in [0.15, 0.2) is 5.13 Å². The molecule has 2 heterocycles. The lowest BCUT2D eigenvalue weighted by Gasteiger charge is -2.15. The van der Waals surface area contributed by atoms with Crippen molar-refractivity contribution in [3.05, 3.63) is 28.1 Å². The highest BCUT2D eigenvalue weighted by Gasteiger charge is 2.14. The summed E-state index contributed by atoms with van der Waals surface area (Å²) in [5.74, 6) is 0.721. The Bertz CT molecular complexity index is 586. The fourth-order valence-electron chi connectivity index (χ4n) is 1.87. The number of nitrogens with one attached hydrogen (secondary N) is 1. The summed E-state index contributed by atoms with van der Waals surface area (Å²) in [4.78, 5) is 18.0. The molecule has 2 aromatic rings. The van der Waals surface area contributed by atoms with Crippen LogP contribution in [0.3, 0.4) is 0 Å². The fourth-order valence-corrected chi connectivity index (χ4v) is 2.57. The summed E-state index contributed by atoms with van der Waals surface area (Å²) in [6.07, 6.45) is 0. The van der Waals surface area contributed by atoms with E-state index in [2.05, 4.69) is 15.5 Å². The Morgan fingerprint density at radius 2 is 2.20 bits per heavy atom. The van der Waals surface area contributed by atoms with Gasteiger partial charge in [-0.25, -0.2) is 4.98 Å². The molecule has 0 aliphatic carbocycles. The molecule has 0 fully saturated rings. The first-order chi connectivity index (χ1) is 9.45. The molecule has 6 nitrogen and oxygen atoms in total. The summed E-state index contributed by atoms with van der Waals surface area (Å²) in [7, 11) is 1.89. The van der Waals surface area contributed by atoms with Crippen molar-refractivity contribution in [2.75, 3.05) is 18.9 Å². The fraction of sp³-hybridized carbons (Fsp3) is 0.462. The summed E-state index contributed by atoms with van der Waals surface area (Å²) in [5.41, 5.74) is 2.81. The van der Waals surface area contributed by atoms with Gasteiger partial charge in [-0.1, -0.05) is 5.16 Å². The van der Waals surface area contributed by atoms with Crippen molar-refractivity contribution in [2.45, 2.75) is 27.3 Å². The lowest BCUT2D eigenvalue weighted by Crippen LogP contribution is -2.30. The SMILES string of the molecule is Cc1csc(NC(=O)CN(C)Cc2c(C)noc2C)n1. The van der Waals surface area contributed by atoms with Crippen LogP contribution < -0.4 is 5.32 Å². The summed E-state index contributed by atoms with van der Waals surface area (Å²) in [5, 5.41) is 9.24. The van der Waals surface area contributed by atoms with Gasteiger partial charge < -0.3 is 9.84 Å². The van der Waals surface area contributed by atoms with Crippen LogP contribution in [0.25, 0.3) is 0 Å². The third-order valence-electron chi connectivity index (χ3n) is 2.89. The highest BCUT2D eigenvalue weighted by atomic mass is 32.1. The number of thiazole rings is 1. The van der Waals surface area contributed by atoms with Gasteiger partial charge in [0.1, 0.15) is 5.76 Å². The molecule has 2 rings (SSSR count). The molecule has 0 bridgehead atoms. The van der Waals surface area contributed by atoms with Gasteiger partial charge in [-0.3, -0.25) is 9.69 Å². The number of anilines is 1. The standard InChI is InChI=1S/C13H18N4O2S/c1-8-7-20-13(14-8)15-12(18)6-17(4)5-11-9(2)16-19-10(11)3/h7H,5-6H2,1-4H3,(H,14,15,18). The van der Waals surface area contributed by atoms with Crippen LogP contribution in [0.5, 0.6) is 0 Å². The summed E-state index contributed by atoms with van der Waals surface area (Å²) in [6, 6.07) is 0. The first kappa shape index (κ1) is 14.7. The van der Waals surface area contributed by atoms with E-state index in [9.17, 15) is 4.79 Å². The predicted octanol–water partition coefficient (Wildman–Crippen LogP) is 2.13. The van der Waals surface area contributed by atoms with Crippen molar-refractivity contribution in [1.29, 1.82) is 0 Å². The first-order valence-corrected chi connectivity index (χ1v) is 7.16. The average molecular weight is 294 g/mol. The number of hydrogen-bond donors (Lipinski definition) is 1. The number of rotatable bonds is 5. The number of nitrogens with zero attached hydrogens (tertiary/aromatic N) is 3. The molecule has 0 aliphatic rings. The highest BCUT2D eigenvalue weighted by Crippen LogP contribution is 2.15. The van der Waals surface area contributed by atoms with Gasteiger partial charge in [0.2, 0.25) is 5.91 Å². The molecule has 0 aliphatic heterocycles. The number of amides is 1. The lowest BCUT2D eigenvalue weighted by molar-refractivity contribution is -0.117. The van der Waals surface area contributed by atoms with Gasteiger partial charge in [-0.05, 0) is 27.8 Å². The predicted molar refractivity (Wildman–Crippen MR) is 77.8 cm³/mol. The molecule has 0 aromatic carbocycles. The zero-order chi connectivity index (χ0) is 14.7. The highest BCUT2D eigenvalue weighted by molar-refractivity contribution is 7.13. The summed E-state index contributed by atoms with van der Waals surface area (Å²) < 4.78 is 5.11. The zero-order valence-corrected chi connectivity index (χ0v) is 12.9. The maximum atomic E-state index is 11.9. The molecule has 2 aromatic heterocycles. The molecule has 0 unspecified atom stereocenters. The topological polar surface area (TPSA) is 71.3 Å². The number of carbonyl (C=O) groups excluding carboxylic acids is 1. The van der Waals surface area contributed by atoms with E-state index in [1.165, 1.54) is 11.3 Å². The molecule has 1 amide bonds. The molecule has 7 heteroatoms. The minimum Gasteiger partial charge on any atom is -0.361 e. The van der Waals surface area contributed by atoms with Gasteiger partial charge in [0.05, 0.1) is 17.9 Å². The first-order valence-electron chi connectivity index (χ1n) is 6.28. The Morgan fingerprint density at radius 1 is 1.45 bits per heavy atom. The Kier molecular flexibility index (Phi) is 4.51. The van der Waals surface area contributed by atoms with E-state index in [0.29, 0.717) is 18.2 Å². The number of likely N-dealkylation sites (N-methyl/N-ethyl adjacent to an activating group) is 1. The van der Waals surface area contributed by atoms with Gasteiger partial charge in [-0.15, -0.1) is 11.3 Å². The van der Waals surface area contributed by atoms with E-state index < -0.39 is 0 Å². The van der Waals surface area contributed by atoms with Crippen molar-refractivity contribution in [3.8, 4) is 0 Å². The van der Waals surface area contributed by atoms with Crippen molar-refractivity contribution in [1.82, 2.24) is 15.0 Å². The summed E-state index contributed by atoms with van der Waals surface area (Å²) >= 11 is 1.43. The molecular formula is C13H18N4O2S. The lowest BCUT2D eigenvalue weighted by atomic mass is 10.2. The second-order valence-corrected chi connectivity index (χ2v) is 5.68. The second kappa shape index (κ2) is 6.15. The average Bonchev–Trinajstić information content (AvgIpc) is 2.89. The third kappa shape index (κ3) is 3.64. The number of aryl methyl sites for hydroxylation is 3. The van der Waals surface area contributed by atoms with E-state index in [0.717, 1.165) is 22.7 Å². The Hall–Kier alpha value is -1.73. The molecule has 1 N–H and O–H groups in total. The number of aromatic nitrogens is 2. The van der Waals surface area contributed by atoms with E-state index in [4.69, 9.17) is 4.52 Å². The largest absolute Gasteiger partial charge is 0.361 e. The van der Waals surface area contributed by atoms with Crippen LogP contribution in [-0.2, 0) is 11.3 Å². The molecule has 0 saturated carbocycles. The van der Waals surface area contributed by atoms with Crippen LogP contribution >= 0.6 is 11.3 Å². The molecule has 0 saturated heterocycles. The molecule has 0 spiro atoms. The van der Waals surface area contributed by atoms with Crippen LogP contribution in [0.2, 0.25) is 0 Å². The van der Waals surface area contributed by atoms with Gasteiger partial charge in [0.25, 0.3) is 0 Å². The third-order valence-corrected chi connectivity index (χ3v) is 3.76. The van der Waals surface area contributed by atoms with Gasteiger partial charge in [0, 0.05) is 17.5 Å². The van der Waals surface area contributed by atoms with E-state index in [1.807, 2.05) is 38.1 Å². The maximum Gasteiger partial charge on any atom is 0.240 e. The van der Waals surface area contributed by atoms with Crippen LogP contribution in [0.4, 0.5) is 5.13 Å². The van der Waals surface area contributed by atoms with Crippen LogP contribution in [-0.4, -0.2) is 34.5 Å². The van der Waals surface area contributed by atoms with Crippen molar-refractivity contribution < 1.29 is 9.32 Å². The normalized spacial score (nSPS) is 11.1. The smallest absolute Gasteiger partial charge is 0.240 e. The number of hydrogen-bond acceptors (Lipinski definition) is 6. The molecule has 108 valence electrons. The Balaban J connectivity index is 1.88. The van der Waals surface area contributed by atoms with Gasteiger partial charge >= 0.3 is 0 Å². The van der Waals surface area contributed by atoms with E-state index >= 15 is 0 Å². The van der Waals surface area contributed by atoms with Crippen molar-refractivity contribution in [3.63, 3.8) is 0 Å². The van der Waals surface area contributed by atoms with Crippen LogP contribution in [0.15, 0.2) is 9.90 Å². The minimum absolute atomic E-state index is 0.0754. The number of carbonyl (C=O) groups is 1. The van der Waals surface area contributed by atoms with E-state index in [1.54, 1.807) is 0 Å². The molecule has 0 radical (unpaired) electrons. The van der Waals surface area contributed by atoms with Crippen molar-refractivity contribution >= 4 is 22.4 Å². The minimum atomic E-state index is -0.0754. The second-order valence-electron chi connectivity index (χ2n) is 4.82. The monoisotopic (exact) mass is 294 g/mol. The molecule has 20 heavy (non-hydrogen) atoms. The van der Waals surface area contributed by atoms with Crippen LogP contribution in [0.1, 0.15) is 22.7 Å². The quantitative estimate of drug-likeness (QED) is 0.914. The Labute approximate surface area is 121 Å². The zero-order valence-electron chi connectivity index (χ0n) is 12.1. The van der Waals surface area contributed by atoms with Crippen LogP contribution in [0, 0.1) is 20.8 Å². The van der Waals surface area contributed by atoms with E-state index in [-0.39, 0.29) is 5.91 Å². The Morgan fingerprint density at radius 3 is 2.75 bits per heavy atom. The molecule has 0 atom stereocenters. The molecular weight excluding hydrogens is 276 g/mol. The van der Waals surface area contributed by atoms with Gasteiger partial charge in [-0.2, -0.15) is 0 Å². The van der Waals surface area contributed by atoms with Crippen molar-refractivity contribution in [2.24, 2.45) is 0 Å². The summed E-state index contributed by atoms with van der Waals surface area (Å²) in [6.45, 7) is 6.60.